The average Bonchev–Trinajstić information content (AvgIpc) is 3.42. The van der Waals surface area contributed by atoms with Crippen LogP contribution in [0.25, 0.3) is 11.3 Å². The Bertz CT molecular complexity index is 1380. The minimum absolute atomic E-state index is 0.0999. The van der Waals surface area contributed by atoms with Crippen molar-refractivity contribution in [2.24, 2.45) is 0 Å². The SMILES string of the molecule is COc1ccc(OC)c(-c2csc(N(CCc3ccc(OC)c(OC)c3)C(=O)c3ccccc3C)n2)c1. The van der Waals surface area contributed by atoms with Crippen LogP contribution in [-0.4, -0.2) is 45.9 Å². The van der Waals surface area contributed by atoms with Crippen LogP contribution in [0.3, 0.4) is 0 Å². The van der Waals surface area contributed by atoms with E-state index in [1.165, 1.54) is 11.3 Å². The van der Waals surface area contributed by atoms with E-state index < -0.39 is 0 Å². The number of aryl methyl sites for hydroxylation is 1. The van der Waals surface area contributed by atoms with E-state index in [2.05, 4.69) is 0 Å². The van der Waals surface area contributed by atoms with Crippen LogP contribution >= 0.6 is 11.3 Å². The molecule has 0 atom stereocenters. The van der Waals surface area contributed by atoms with Crippen LogP contribution in [0, 0.1) is 6.92 Å². The van der Waals surface area contributed by atoms with Crippen molar-refractivity contribution in [1.82, 2.24) is 4.98 Å². The van der Waals surface area contributed by atoms with Gasteiger partial charge in [0.25, 0.3) is 5.91 Å². The predicted molar refractivity (Wildman–Crippen MR) is 147 cm³/mol. The van der Waals surface area contributed by atoms with Gasteiger partial charge in [-0.25, -0.2) is 4.98 Å². The topological polar surface area (TPSA) is 70.1 Å². The van der Waals surface area contributed by atoms with E-state index in [1.807, 2.05) is 73.0 Å². The van der Waals surface area contributed by atoms with Gasteiger partial charge in [-0.3, -0.25) is 9.69 Å². The van der Waals surface area contributed by atoms with Gasteiger partial charge in [0.1, 0.15) is 11.5 Å². The van der Waals surface area contributed by atoms with Gasteiger partial charge in [0, 0.05) is 23.1 Å². The van der Waals surface area contributed by atoms with Crippen molar-refractivity contribution in [3.63, 3.8) is 0 Å². The van der Waals surface area contributed by atoms with Crippen LogP contribution in [0.5, 0.6) is 23.0 Å². The number of nitrogens with zero attached hydrogens (tertiary/aromatic N) is 2. The highest BCUT2D eigenvalue weighted by atomic mass is 32.1. The summed E-state index contributed by atoms with van der Waals surface area (Å²) in [6.45, 7) is 2.37. The molecule has 0 unspecified atom stereocenters. The number of carbonyl (C=O) groups excluding carboxylic acids is 1. The highest BCUT2D eigenvalue weighted by Crippen LogP contribution is 2.36. The number of hydrogen-bond donors (Lipinski definition) is 0. The molecule has 0 aliphatic rings. The van der Waals surface area contributed by atoms with Gasteiger partial charge in [-0.05, 0) is 60.9 Å². The summed E-state index contributed by atoms with van der Waals surface area (Å²) < 4.78 is 21.8. The Morgan fingerprint density at radius 2 is 1.59 bits per heavy atom. The number of aromatic nitrogens is 1. The Hall–Kier alpha value is -4.04. The van der Waals surface area contributed by atoms with Crippen LogP contribution < -0.4 is 23.8 Å². The maximum absolute atomic E-state index is 13.8. The normalized spacial score (nSPS) is 10.6. The largest absolute Gasteiger partial charge is 0.497 e. The number of amides is 1. The van der Waals surface area contributed by atoms with Crippen molar-refractivity contribution < 1.29 is 23.7 Å². The van der Waals surface area contributed by atoms with E-state index in [9.17, 15) is 4.79 Å². The molecule has 0 bridgehead atoms. The number of carbonyl (C=O) groups is 1. The molecular weight excluding hydrogens is 488 g/mol. The minimum atomic E-state index is -0.0999. The first kappa shape index (κ1) is 26.0. The molecule has 192 valence electrons. The first-order chi connectivity index (χ1) is 18.0. The molecule has 4 aromatic rings. The molecule has 7 nitrogen and oxygen atoms in total. The Morgan fingerprint density at radius 1 is 0.865 bits per heavy atom. The van der Waals surface area contributed by atoms with Gasteiger partial charge < -0.3 is 18.9 Å². The number of thiazole rings is 1. The number of rotatable bonds is 10. The molecule has 0 saturated heterocycles. The molecular formula is C29H30N2O5S. The lowest BCUT2D eigenvalue weighted by atomic mass is 10.1. The molecule has 3 aromatic carbocycles. The number of hydrogen-bond acceptors (Lipinski definition) is 7. The lowest BCUT2D eigenvalue weighted by Gasteiger charge is -2.21. The molecule has 0 fully saturated rings. The standard InChI is InChI=1S/C29H30N2O5S/c1-19-8-6-7-9-22(19)28(32)31(15-14-20-10-12-26(35-4)27(16-20)36-5)29-30-24(18-37-29)23-17-21(33-2)11-13-25(23)34-3/h6-13,16-18H,14-15H2,1-5H3. The monoisotopic (exact) mass is 518 g/mol. The van der Waals surface area contributed by atoms with Gasteiger partial charge in [0.2, 0.25) is 0 Å². The predicted octanol–water partition coefficient (Wildman–Crippen LogP) is 6.04. The highest BCUT2D eigenvalue weighted by molar-refractivity contribution is 7.14. The van der Waals surface area contributed by atoms with E-state index in [0.29, 0.717) is 52.4 Å². The van der Waals surface area contributed by atoms with Crippen molar-refractivity contribution in [2.75, 3.05) is 39.9 Å². The fourth-order valence-corrected chi connectivity index (χ4v) is 4.89. The molecule has 0 spiro atoms. The van der Waals surface area contributed by atoms with Gasteiger partial charge in [-0.2, -0.15) is 0 Å². The third-order valence-electron chi connectivity index (χ3n) is 6.10. The van der Waals surface area contributed by atoms with E-state index in [1.54, 1.807) is 33.3 Å². The second kappa shape index (κ2) is 11.8. The number of anilines is 1. The second-order valence-electron chi connectivity index (χ2n) is 8.29. The lowest BCUT2D eigenvalue weighted by Crippen LogP contribution is -2.33. The summed E-state index contributed by atoms with van der Waals surface area (Å²) in [6.07, 6.45) is 0.607. The van der Waals surface area contributed by atoms with Crippen molar-refractivity contribution in [3.05, 3.63) is 82.7 Å². The molecule has 8 heteroatoms. The quantitative estimate of drug-likeness (QED) is 0.255. The van der Waals surface area contributed by atoms with Crippen LogP contribution in [-0.2, 0) is 6.42 Å². The Labute approximate surface area is 221 Å². The first-order valence-corrected chi connectivity index (χ1v) is 12.6. The van der Waals surface area contributed by atoms with E-state index >= 15 is 0 Å². The zero-order chi connectivity index (χ0) is 26.4. The van der Waals surface area contributed by atoms with Crippen molar-refractivity contribution in [2.45, 2.75) is 13.3 Å². The van der Waals surface area contributed by atoms with E-state index in [-0.39, 0.29) is 5.91 Å². The Kier molecular flexibility index (Phi) is 8.30. The molecule has 4 rings (SSSR count). The zero-order valence-corrected chi connectivity index (χ0v) is 22.4. The van der Waals surface area contributed by atoms with Crippen LogP contribution in [0.1, 0.15) is 21.5 Å². The smallest absolute Gasteiger partial charge is 0.260 e. The summed E-state index contributed by atoms with van der Waals surface area (Å²) in [5.41, 5.74) is 4.09. The molecule has 0 radical (unpaired) electrons. The zero-order valence-electron chi connectivity index (χ0n) is 21.6. The van der Waals surface area contributed by atoms with E-state index in [4.69, 9.17) is 23.9 Å². The maximum Gasteiger partial charge on any atom is 0.260 e. The third kappa shape index (κ3) is 5.70. The van der Waals surface area contributed by atoms with Gasteiger partial charge in [-0.15, -0.1) is 11.3 Å². The summed E-state index contributed by atoms with van der Waals surface area (Å²) >= 11 is 1.42. The Balaban J connectivity index is 1.69. The third-order valence-corrected chi connectivity index (χ3v) is 6.96. The Morgan fingerprint density at radius 3 is 2.30 bits per heavy atom. The summed E-state index contributed by atoms with van der Waals surface area (Å²) in [4.78, 5) is 20.4. The maximum atomic E-state index is 13.8. The molecule has 0 saturated carbocycles. The van der Waals surface area contributed by atoms with Gasteiger partial charge >= 0.3 is 0 Å². The summed E-state index contributed by atoms with van der Waals surface area (Å²) in [6, 6.07) is 18.9. The molecule has 0 aliphatic heterocycles. The summed E-state index contributed by atoms with van der Waals surface area (Å²) in [5, 5.41) is 2.54. The minimum Gasteiger partial charge on any atom is -0.497 e. The fraction of sp³-hybridized carbons (Fsp3) is 0.241. The second-order valence-corrected chi connectivity index (χ2v) is 9.13. The number of ether oxygens (including phenoxy) is 4. The molecule has 1 heterocycles. The van der Waals surface area contributed by atoms with Crippen LogP contribution in [0.2, 0.25) is 0 Å². The molecule has 37 heavy (non-hydrogen) atoms. The van der Waals surface area contributed by atoms with Gasteiger partial charge in [0.15, 0.2) is 16.6 Å². The lowest BCUT2D eigenvalue weighted by molar-refractivity contribution is 0.0986. The average molecular weight is 519 g/mol. The van der Waals surface area contributed by atoms with Crippen LogP contribution in [0.15, 0.2) is 66.0 Å². The van der Waals surface area contributed by atoms with Gasteiger partial charge in [-0.1, -0.05) is 24.3 Å². The van der Waals surface area contributed by atoms with Crippen molar-refractivity contribution >= 4 is 22.4 Å². The van der Waals surface area contributed by atoms with Gasteiger partial charge in [0.05, 0.1) is 34.1 Å². The molecule has 0 N–H and O–H groups in total. The summed E-state index contributed by atoms with van der Waals surface area (Å²) in [7, 11) is 6.46. The van der Waals surface area contributed by atoms with Crippen LogP contribution in [0.4, 0.5) is 5.13 Å². The van der Waals surface area contributed by atoms with Crippen molar-refractivity contribution in [1.29, 1.82) is 0 Å². The first-order valence-electron chi connectivity index (χ1n) is 11.7. The van der Waals surface area contributed by atoms with Crippen molar-refractivity contribution in [3.8, 4) is 34.3 Å². The molecule has 1 amide bonds. The van der Waals surface area contributed by atoms with E-state index in [0.717, 1.165) is 16.7 Å². The highest BCUT2D eigenvalue weighted by Gasteiger charge is 2.23. The fourth-order valence-electron chi connectivity index (χ4n) is 4.05. The molecule has 1 aromatic heterocycles. The molecule has 0 aliphatic carbocycles. The number of benzene rings is 3. The number of methoxy groups -OCH3 is 4. The summed E-state index contributed by atoms with van der Waals surface area (Å²) in [5.74, 6) is 2.60.